The third kappa shape index (κ3) is 4.96. The Kier molecular flexibility index (Phi) is 6.58. The van der Waals surface area contributed by atoms with E-state index in [1.165, 1.54) is 0 Å². The lowest BCUT2D eigenvalue weighted by molar-refractivity contribution is -0.144. The third-order valence-electron chi connectivity index (χ3n) is 2.58. The van der Waals surface area contributed by atoms with E-state index in [9.17, 15) is 4.79 Å². The van der Waals surface area contributed by atoms with Gasteiger partial charge in [0.15, 0.2) is 0 Å². The molecule has 4 heteroatoms. The fraction of sp³-hybridized carbons (Fsp3) is 0.500. The summed E-state index contributed by atoms with van der Waals surface area (Å²) >= 11 is 5.92. The van der Waals surface area contributed by atoms with Gasteiger partial charge in [0.25, 0.3) is 0 Å². The topological polar surface area (TPSA) is 38.3 Å². The van der Waals surface area contributed by atoms with Crippen molar-refractivity contribution in [2.75, 3.05) is 11.9 Å². The molecule has 18 heavy (non-hydrogen) atoms. The van der Waals surface area contributed by atoms with Crippen LogP contribution in [0.1, 0.15) is 33.1 Å². The Labute approximate surface area is 113 Å². The van der Waals surface area contributed by atoms with Crippen molar-refractivity contribution in [3.05, 3.63) is 29.3 Å². The molecule has 100 valence electrons. The molecular formula is C14H20ClNO2. The Morgan fingerprint density at radius 3 is 2.83 bits per heavy atom. The molecule has 0 amide bonds. The van der Waals surface area contributed by atoms with Crippen LogP contribution in [0, 0.1) is 0 Å². The number of anilines is 1. The molecule has 1 unspecified atom stereocenters. The molecule has 0 bridgehead atoms. The molecule has 0 spiro atoms. The predicted molar refractivity (Wildman–Crippen MR) is 75.0 cm³/mol. The molecule has 1 rings (SSSR count). The molecule has 0 saturated heterocycles. The molecule has 1 aromatic rings. The van der Waals surface area contributed by atoms with Crippen molar-refractivity contribution in [3.8, 4) is 0 Å². The van der Waals surface area contributed by atoms with Gasteiger partial charge < -0.3 is 10.1 Å². The maximum Gasteiger partial charge on any atom is 0.328 e. The van der Waals surface area contributed by atoms with Crippen LogP contribution in [-0.4, -0.2) is 18.6 Å². The maximum absolute atomic E-state index is 11.8. The Hall–Kier alpha value is -1.22. The number of carbonyl (C=O) groups is 1. The van der Waals surface area contributed by atoms with Crippen molar-refractivity contribution >= 4 is 23.3 Å². The first-order valence-electron chi connectivity index (χ1n) is 6.36. The average molecular weight is 270 g/mol. The summed E-state index contributed by atoms with van der Waals surface area (Å²) in [5.41, 5.74) is 0.844. The van der Waals surface area contributed by atoms with E-state index >= 15 is 0 Å². The number of nitrogens with one attached hydrogen (secondary N) is 1. The molecule has 1 N–H and O–H groups in total. The highest BCUT2D eigenvalue weighted by Crippen LogP contribution is 2.17. The molecule has 0 aliphatic heterocycles. The van der Waals surface area contributed by atoms with Crippen LogP contribution in [0.5, 0.6) is 0 Å². The summed E-state index contributed by atoms with van der Waals surface area (Å²) in [4.78, 5) is 11.8. The van der Waals surface area contributed by atoms with E-state index in [2.05, 4.69) is 12.2 Å². The average Bonchev–Trinajstić information content (AvgIpc) is 2.34. The number of carbonyl (C=O) groups excluding carboxylic acids is 1. The highest BCUT2D eigenvalue weighted by atomic mass is 35.5. The van der Waals surface area contributed by atoms with Gasteiger partial charge in [-0.05, 0) is 31.5 Å². The minimum atomic E-state index is -0.302. The first kappa shape index (κ1) is 14.8. The van der Waals surface area contributed by atoms with Crippen LogP contribution in [0.15, 0.2) is 24.3 Å². The minimum Gasteiger partial charge on any atom is -0.464 e. The summed E-state index contributed by atoms with van der Waals surface area (Å²) in [7, 11) is 0. The van der Waals surface area contributed by atoms with Gasteiger partial charge in [-0.1, -0.05) is 37.4 Å². The minimum absolute atomic E-state index is 0.203. The maximum atomic E-state index is 11.8. The molecule has 0 aliphatic carbocycles. The molecule has 1 aromatic carbocycles. The van der Waals surface area contributed by atoms with E-state index < -0.39 is 0 Å². The Bertz CT molecular complexity index is 382. The lowest BCUT2D eigenvalue weighted by Gasteiger charge is -2.18. The van der Waals surface area contributed by atoms with Crippen molar-refractivity contribution in [3.63, 3.8) is 0 Å². The lowest BCUT2D eigenvalue weighted by Crippen LogP contribution is -2.31. The summed E-state index contributed by atoms with van der Waals surface area (Å²) in [5, 5.41) is 3.83. The molecule has 0 fully saturated rings. The Morgan fingerprint density at radius 1 is 1.44 bits per heavy atom. The van der Waals surface area contributed by atoms with Crippen LogP contribution in [0.4, 0.5) is 5.69 Å². The molecule has 0 saturated carbocycles. The quantitative estimate of drug-likeness (QED) is 0.764. The van der Waals surface area contributed by atoms with Gasteiger partial charge in [0.2, 0.25) is 0 Å². The van der Waals surface area contributed by atoms with Gasteiger partial charge in [-0.25, -0.2) is 4.79 Å². The van der Waals surface area contributed by atoms with E-state index in [1.807, 2.05) is 19.1 Å². The zero-order valence-corrected chi connectivity index (χ0v) is 11.7. The Balaban J connectivity index is 2.68. The van der Waals surface area contributed by atoms with Crippen LogP contribution in [0.3, 0.4) is 0 Å². The number of benzene rings is 1. The van der Waals surface area contributed by atoms with E-state index in [1.54, 1.807) is 12.1 Å². The van der Waals surface area contributed by atoms with E-state index in [-0.39, 0.29) is 12.0 Å². The summed E-state index contributed by atoms with van der Waals surface area (Å²) < 4.78 is 5.07. The zero-order chi connectivity index (χ0) is 13.4. The largest absolute Gasteiger partial charge is 0.464 e. The standard InChI is InChI=1S/C14H20ClNO2/c1-3-5-9-13(14(17)18-4-2)16-12-8-6-7-11(15)10-12/h6-8,10,13,16H,3-5,9H2,1-2H3. The number of halogens is 1. The van der Waals surface area contributed by atoms with E-state index in [0.29, 0.717) is 11.6 Å². The van der Waals surface area contributed by atoms with Crippen molar-refractivity contribution in [2.45, 2.75) is 39.2 Å². The number of hydrogen-bond donors (Lipinski definition) is 1. The smallest absolute Gasteiger partial charge is 0.328 e. The Morgan fingerprint density at radius 2 is 2.22 bits per heavy atom. The van der Waals surface area contributed by atoms with E-state index in [4.69, 9.17) is 16.3 Å². The monoisotopic (exact) mass is 269 g/mol. The summed E-state index contributed by atoms with van der Waals surface area (Å²) in [5.74, 6) is -0.203. The van der Waals surface area contributed by atoms with Gasteiger partial charge in [-0.3, -0.25) is 0 Å². The molecule has 3 nitrogen and oxygen atoms in total. The van der Waals surface area contributed by atoms with Gasteiger partial charge >= 0.3 is 5.97 Å². The second-order valence-corrected chi connectivity index (χ2v) is 4.54. The summed E-state index contributed by atoms with van der Waals surface area (Å²) in [6, 6.07) is 7.05. The van der Waals surface area contributed by atoms with Crippen LogP contribution in [0.2, 0.25) is 5.02 Å². The second-order valence-electron chi connectivity index (χ2n) is 4.10. The van der Waals surface area contributed by atoms with Crippen LogP contribution >= 0.6 is 11.6 Å². The predicted octanol–water partition coefficient (Wildman–Crippen LogP) is 3.87. The highest BCUT2D eigenvalue weighted by Gasteiger charge is 2.18. The fourth-order valence-electron chi connectivity index (χ4n) is 1.68. The molecular weight excluding hydrogens is 250 g/mol. The molecule has 0 aliphatic rings. The molecule has 0 heterocycles. The number of hydrogen-bond acceptors (Lipinski definition) is 3. The number of esters is 1. The normalized spacial score (nSPS) is 11.9. The van der Waals surface area contributed by atoms with Crippen molar-refractivity contribution < 1.29 is 9.53 Å². The molecule has 1 atom stereocenters. The van der Waals surface area contributed by atoms with Gasteiger partial charge in [0.1, 0.15) is 6.04 Å². The van der Waals surface area contributed by atoms with Crippen molar-refractivity contribution in [2.24, 2.45) is 0 Å². The van der Waals surface area contributed by atoms with Gasteiger partial charge in [0, 0.05) is 10.7 Å². The summed E-state index contributed by atoms with van der Waals surface area (Å²) in [6.07, 6.45) is 2.80. The zero-order valence-electron chi connectivity index (χ0n) is 10.9. The van der Waals surface area contributed by atoms with Crippen molar-refractivity contribution in [1.29, 1.82) is 0 Å². The molecule has 0 aromatic heterocycles. The number of rotatable bonds is 7. The summed E-state index contributed by atoms with van der Waals surface area (Å²) in [6.45, 7) is 4.31. The van der Waals surface area contributed by atoms with Gasteiger partial charge in [0.05, 0.1) is 6.61 Å². The van der Waals surface area contributed by atoms with Gasteiger partial charge in [-0.2, -0.15) is 0 Å². The number of ether oxygens (including phenoxy) is 1. The highest BCUT2D eigenvalue weighted by molar-refractivity contribution is 6.30. The first-order valence-corrected chi connectivity index (χ1v) is 6.74. The first-order chi connectivity index (χ1) is 8.67. The van der Waals surface area contributed by atoms with Gasteiger partial charge in [-0.15, -0.1) is 0 Å². The third-order valence-corrected chi connectivity index (χ3v) is 2.82. The van der Waals surface area contributed by atoms with Crippen molar-refractivity contribution in [1.82, 2.24) is 0 Å². The van der Waals surface area contributed by atoms with Crippen LogP contribution < -0.4 is 5.32 Å². The van der Waals surface area contributed by atoms with E-state index in [0.717, 1.165) is 24.9 Å². The second kappa shape index (κ2) is 7.98. The molecule has 0 radical (unpaired) electrons. The SMILES string of the molecule is CCCCC(Nc1cccc(Cl)c1)C(=O)OCC. The fourth-order valence-corrected chi connectivity index (χ4v) is 1.87. The lowest BCUT2D eigenvalue weighted by atomic mass is 10.1. The van der Waals surface area contributed by atoms with Crippen LogP contribution in [-0.2, 0) is 9.53 Å². The van der Waals surface area contributed by atoms with Crippen LogP contribution in [0.25, 0.3) is 0 Å². The number of unbranched alkanes of at least 4 members (excludes halogenated alkanes) is 1.